The molecule has 0 radical (unpaired) electrons. The molecular weight excluding hydrogens is 298 g/mol. The molecule has 0 aliphatic heterocycles. The van der Waals surface area contributed by atoms with E-state index >= 15 is 0 Å². The van der Waals surface area contributed by atoms with E-state index in [4.69, 9.17) is 0 Å². The Hall–Kier alpha value is -0.420. The Kier molecular flexibility index (Phi) is 4.38. The van der Waals surface area contributed by atoms with E-state index in [-0.39, 0.29) is 0 Å². The summed E-state index contributed by atoms with van der Waals surface area (Å²) in [6.07, 6.45) is 5.22. The monoisotopic (exact) mass is 305 g/mol. The Labute approximate surface area is 93.9 Å². The minimum absolute atomic E-state index is 0.816. The average molecular weight is 307 g/mol. The molecule has 0 spiro atoms. The standard InChI is InChI=1S/C8H9Br2N3/c1-2-12-13-3-6-7(9)4-11-5-8(6)10/h3-5,12H,2H2,1H3/b13-3-. The average Bonchev–Trinajstić information content (AvgIpc) is 2.10. The van der Waals surface area contributed by atoms with Crippen molar-refractivity contribution in [3.05, 3.63) is 26.9 Å². The molecule has 70 valence electrons. The van der Waals surface area contributed by atoms with Crippen molar-refractivity contribution in [2.45, 2.75) is 6.92 Å². The van der Waals surface area contributed by atoms with E-state index in [9.17, 15) is 0 Å². The van der Waals surface area contributed by atoms with Gasteiger partial charge in [-0.2, -0.15) is 5.10 Å². The molecule has 0 aliphatic rings. The molecule has 3 nitrogen and oxygen atoms in total. The van der Waals surface area contributed by atoms with Crippen molar-refractivity contribution in [3.63, 3.8) is 0 Å². The van der Waals surface area contributed by atoms with E-state index in [1.165, 1.54) is 0 Å². The van der Waals surface area contributed by atoms with E-state index in [2.05, 4.69) is 47.4 Å². The molecule has 0 saturated heterocycles. The molecule has 0 bridgehead atoms. The second kappa shape index (κ2) is 5.34. The normalized spacial score (nSPS) is 10.7. The second-order valence-corrected chi connectivity index (χ2v) is 4.00. The molecule has 0 aliphatic carbocycles. The van der Waals surface area contributed by atoms with Crippen molar-refractivity contribution in [1.82, 2.24) is 10.4 Å². The van der Waals surface area contributed by atoms with Crippen molar-refractivity contribution >= 4 is 38.1 Å². The van der Waals surface area contributed by atoms with E-state index in [1.807, 2.05) is 6.92 Å². The molecule has 1 heterocycles. The highest BCUT2D eigenvalue weighted by Gasteiger charge is 2.01. The predicted molar refractivity (Wildman–Crippen MR) is 60.9 cm³/mol. The lowest BCUT2D eigenvalue weighted by Gasteiger charge is -1.99. The molecule has 0 unspecified atom stereocenters. The van der Waals surface area contributed by atoms with Crippen LogP contribution in [0.4, 0.5) is 0 Å². The highest BCUT2D eigenvalue weighted by atomic mass is 79.9. The lowest BCUT2D eigenvalue weighted by atomic mass is 10.3. The van der Waals surface area contributed by atoms with E-state index in [0.717, 1.165) is 21.1 Å². The molecule has 1 rings (SSSR count). The van der Waals surface area contributed by atoms with Gasteiger partial charge in [0, 0.05) is 33.4 Å². The van der Waals surface area contributed by atoms with Gasteiger partial charge < -0.3 is 5.43 Å². The summed E-state index contributed by atoms with van der Waals surface area (Å²) in [5.74, 6) is 0. The highest BCUT2D eigenvalue weighted by molar-refractivity contribution is 9.11. The molecule has 0 atom stereocenters. The van der Waals surface area contributed by atoms with Gasteiger partial charge in [0.15, 0.2) is 0 Å². The molecule has 0 fully saturated rings. The third-order valence-electron chi connectivity index (χ3n) is 1.33. The summed E-state index contributed by atoms with van der Waals surface area (Å²) in [7, 11) is 0. The van der Waals surface area contributed by atoms with Crippen LogP contribution in [-0.2, 0) is 0 Å². The Balaban J connectivity index is 2.87. The molecule has 1 aromatic rings. The number of nitrogens with one attached hydrogen (secondary N) is 1. The van der Waals surface area contributed by atoms with E-state index < -0.39 is 0 Å². The third-order valence-corrected chi connectivity index (χ3v) is 2.60. The maximum atomic E-state index is 4.02. The topological polar surface area (TPSA) is 37.3 Å². The predicted octanol–water partition coefficient (Wildman–Crippen LogP) is 2.55. The highest BCUT2D eigenvalue weighted by Crippen LogP contribution is 2.21. The van der Waals surface area contributed by atoms with Gasteiger partial charge in [0.1, 0.15) is 0 Å². The zero-order chi connectivity index (χ0) is 9.68. The van der Waals surface area contributed by atoms with Gasteiger partial charge in [0.05, 0.1) is 6.21 Å². The fourth-order valence-electron chi connectivity index (χ4n) is 0.746. The lowest BCUT2D eigenvalue weighted by Crippen LogP contribution is -2.03. The fraction of sp³-hybridized carbons (Fsp3) is 0.250. The summed E-state index contributed by atoms with van der Waals surface area (Å²) < 4.78 is 1.84. The number of hydrogen-bond acceptors (Lipinski definition) is 3. The number of rotatable bonds is 3. The first kappa shape index (κ1) is 10.7. The van der Waals surface area contributed by atoms with Gasteiger partial charge in [-0.25, -0.2) is 0 Å². The van der Waals surface area contributed by atoms with E-state index in [1.54, 1.807) is 18.6 Å². The van der Waals surface area contributed by atoms with Crippen LogP contribution >= 0.6 is 31.9 Å². The summed E-state index contributed by atoms with van der Waals surface area (Å²) in [6.45, 7) is 2.81. The molecular formula is C8H9Br2N3. The van der Waals surface area contributed by atoms with Crippen LogP contribution in [0.2, 0.25) is 0 Å². The van der Waals surface area contributed by atoms with Crippen molar-refractivity contribution in [1.29, 1.82) is 0 Å². The molecule has 0 amide bonds. The van der Waals surface area contributed by atoms with Crippen LogP contribution in [-0.4, -0.2) is 17.7 Å². The summed E-state index contributed by atoms with van der Waals surface area (Å²) in [4.78, 5) is 4.00. The molecule has 1 aromatic heterocycles. The zero-order valence-electron chi connectivity index (χ0n) is 7.09. The first-order chi connectivity index (χ1) is 6.25. The minimum Gasteiger partial charge on any atom is -0.310 e. The van der Waals surface area contributed by atoms with Gasteiger partial charge in [-0.3, -0.25) is 4.98 Å². The number of hydrazone groups is 1. The first-order valence-electron chi connectivity index (χ1n) is 3.80. The van der Waals surface area contributed by atoms with Gasteiger partial charge in [-0.1, -0.05) is 0 Å². The van der Waals surface area contributed by atoms with Crippen LogP contribution in [0, 0.1) is 0 Å². The van der Waals surface area contributed by atoms with Gasteiger partial charge in [-0.05, 0) is 38.8 Å². The Morgan fingerprint density at radius 3 is 2.62 bits per heavy atom. The van der Waals surface area contributed by atoms with Crippen molar-refractivity contribution in [2.24, 2.45) is 5.10 Å². The molecule has 0 saturated carbocycles. The summed E-state index contributed by atoms with van der Waals surface area (Å²) >= 11 is 6.78. The van der Waals surface area contributed by atoms with Gasteiger partial charge in [-0.15, -0.1) is 0 Å². The largest absolute Gasteiger partial charge is 0.310 e. The summed E-state index contributed by atoms with van der Waals surface area (Å²) in [6, 6.07) is 0. The van der Waals surface area contributed by atoms with Crippen LogP contribution in [0.15, 0.2) is 26.4 Å². The zero-order valence-corrected chi connectivity index (χ0v) is 10.3. The maximum Gasteiger partial charge on any atom is 0.0564 e. The Morgan fingerprint density at radius 1 is 1.46 bits per heavy atom. The Morgan fingerprint density at radius 2 is 2.08 bits per heavy atom. The molecule has 13 heavy (non-hydrogen) atoms. The van der Waals surface area contributed by atoms with E-state index in [0.29, 0.717) is 0 Å². The smallest absolute Gasteiger partial charge is 0.0564 e. The maximum absolute atomic E-state index is 4.02. The second-order valence-electron chi connectivity index (χ2n) is 2.29. The van der Waals surface area contributed by atoms with Crippen LogP contribution in [0.1, 0.15) is 12.5 Å². The van der Waals surface area contributed by atoms with Crippen LogP contribution in [0.3, 0.4) is 0 Å². The van der Waals surface area contributed by atoms with Gasteiger partial charge in [0.2, 0.25) is 0 Å². The summed E-state index contributed by atoms with van der Waals surface area (Å²) in [5, 5.41) is 4.02. The van der Waals surface area contributed by atoms with Crippen molar-refractivity contribution in [2.75, 3.05) is 6.54 Å². The van der Waals surface area contributed by atoms with Gasteiger partial charge in [0.25, 0.3) is 0 Å². The van der Waals surface area contributed by atoms with Crippen LogP contribution in [0.25, 0.3) is 0 Å². The van der Waals surface area contributed by atoms with Crippen molar-refractivity contribution in [3.8, 4) is 0 Å². The van der Waals surface area contributed by atoms with Crippen LogP contribution in [0.5, 0.6) is 0 Å². The molecule has 0 aromatic carbocycles. The minimum atomic E-state index is 0.816. The number of halogens is 2. The lowest BCUT2D eigenvalue weighted by molar-refractivity contribution is 0.787. The van der Waals surface area contributed by atoms with Crippen LogP contribution < -0.4 is 5.43 Å². The summed E-state index contributed by atoms with van der Waals surface area (Å²) in [5.41, 5.74) is 3.84. The Bertz CT molecular complexity index is 292. The fourth-order valence-corrected chi connectivity index (χ4v) is 1.88. The van der Waals surface area contributed by atoms with Gasteiger partial charge >= 0.3 is 0 Å². The molecule has 1 N–H and O–H groups in total. The SMILES string of the molecule is CCN/N=C\c1c(Br)cncc1Br. The number of aromatic nitrogens is 1. The number of pyridine rings is 1. The number of nitrogens with zero attached hydrogens (tertiary/aromatic N) is 2. The third kappa shape index (κ3) is 3.08. The first-order valence-corrected chi connectivity index (χ1v) is 5.39. The number of hydrogen-bond donors (Lipinski definition) is 1. The quantitative estimate of drug-likeness (QED) is 0.688. The van der Waals surface area contributed by atoms with Crippen molar-refractivity contribution < 1.29 is 0 Å². The molecule has 5 heteroatoms.